The van der Waals surface area contributed by atoms with Crippen molar-refractivity contribution in [3.63, 3.8) is 0 Å². The number of aromatic nitrogens is 3. The highest BCUT2D eigenvalue weighted by atomic mass is 35.5. The lowest BCUT2D eigenvalue weighted by atomic mass is 10.0. The van der Waals surface area contributed by atoms with Crippen LogP contribution in [0.2, 0.25) is 5.02 Å². The van der Waals surface area contributed by atoms with Crippen molar-refractivity contribution in [2.45, 2.75) is 18.6 Å². The van der Waals surface area contributed by atoms with Gasteiger partial charge in [-0.05, 0) is 31.7 Å². The lowest BCUT2D eigenvalue weighted by Crippen LogP contribution is -2.31. The molecular weight excluding hydrogens is 524 g/mol. The molecule has 2 atom stereocenters. The number of nitrogens with zero attached hydrogens (tertiary/aromatic N) is 4. The number of nitrogens with one attached hydrogen (secondary N) is 1. The van der Waals surface area contributed by atoms with Gasteiger partial charge in [-0.25, -0.2) is 13.8 Å². The largest absolute Gasteiger partial charge is 0.462 e. The van der Waals surface area contributed by atoms with Crippen molar-refractivity contribution in [1.29, 1.82) is 0 Å². The summed E-state index contributed by atoms with van der Waals surface area (Å²) in [5, 5.41) is 3.72. The highest BCUT2D eigenvalue weighted by molar-refractivity contribution is 7.22. The monoisotopic (exact) mass is 549 g/mol. The topological polar surface area (TPSA) is 124 Å². The van der Waals surface area contributed by atoms with Crippen molar-refractivity contribution in [1.82, 2.24) is 19.9 Å². The molecule has 13 heteroatoms. The smallest absolute Gasteiger partial charge is 0.319 e. The Hall–Kier alpha value is -2.90. The van der Waals surface area contributed by atoms with E-state index in [1.807, 2.05) is 7.05 Å². The average Bonchev–Trinajstić information content (AvgIpc) is 3.45. The Kier molecular flexibility index (Phi) is 7.28. The van der Waals surface area contributed by atoms with E-state index < -0.39 is 11.6 Å². The standard InChI is InChI=1S/C24H26ClF2N7O2S/c1-34-9-12(35-2)7-11(34)10-36-24-32-19-14(22(33-24)30-6-5-28)8-15(25)17(18(19)27)13-3-4-16(26)21-20(13)31-23(29)37-21/h3-4,8,11-12H,5-7,9-10,28H2,1-2H3,(H2,29,31)(H,30,32,33). The predicted octanol–water partition coefficient (Wildman–Crippen LogP) is 3.89. The van der Waals surface area contributed by atoms with Crippen molar-refractivity contribution in [2.24, 2.45) is 5.73 Å². The molecule has 0 spiro atoms. The molecule has 3 heterocycles. The molecule has 0 bridgehead atoms. The maximum atomic E-state index is 16.2. The average molecular weight is 550 g/mol. The SMILES string of the molecule is COC1CC(COc2nc(NCCN)c3cc(Cl)c(-c4ccc(F)c5sc(N)nc45)c(F)c3n2)N(C)C1. The molecule has 196 valence electrons. The van der Waals surface area contributed by atoms with Gasteiger partial charge >= 0.3 is 6.01 Å². The van der Waals surface area contributed by atoms with E-state index in [9.17, 15) is 4.39 Å². The fraction of sp³-hybridized carbons (Fsp3) is 0.375. The third-order valence-corrected chi connectivity index (χ3v) is 7.66. The van der Waals surface area contributed by atoms with Gasteiger partial charge in [0.1, 0.15) is 23.8 Å². The molecule has 0 amide bonds. The molecule has 2 aromatic heterocycles. The Morgan fingerprint density at radius 3 is 2.78 bits per heavy atom. The number of benzene rings is 2. The Labute approximate surface area is 220 Å². The van der Waals surface area contributed by atoms with Gasteiger partial charge in [0, 0.05) is 49.3 Å². The normalized spacial score (nSPS) is 18.2. The van der Waals surface area contributed by atoms with Crippen molar-refractivity contribution in [3.05, 3.63) is 34.9 Å². The van der Waals surface area contributed by atoms with E-state index in [4.69, 9.17) is 32.5 Å². The van der Waals surface area contributed by atoms with Crippen LogP contribution in [0, 0.1) is 11.6 Å². The Morgan fingerprint density at radius 2 is 2.05 bits per heavy atom. The van der Waals surface area contributed by atoms with Gasteiger partial charge in [-0.2, -0.15) is 9.97 Å². The van der Waals surface area contributed by atoms with Crippen LogP contribution in [0.4, 0.5) is 19.7 Å². The van der Waals surface area contributed by atoms with Gasteiger partial charge in [0.2, 0.25) is 0 Å². The Balaban J connectivity index is 1.60. The molecule has 0 saturated carbocycles. The van der Waals surface area contributed by atoms with Gasteiger partial charge in [0.15, 0.2) is 10.9 Å². The minimum atomic E-state index is -0.706. The summed E-state index contributed by atoms with van der Waals surface area (Å²) in [7, 11) is 3.68. The minimum Gasteiger partial charge on any atom is -0.462 e. The number of rotatable bonds is 8. The molecule has 9 nitrogen and oxygen atoms in total. The molecule has 1 aliphatic rings. The third-order valence-electron chi connectivity index (χ3n) is 6.47. The van der Waals surface area contributed by atoms with Crippen LogP contribution in [0.5, 0.6) is 6.01 Å². The van der Waals surface area contributed by atoms with Crippen molar-refractivity contribution >= 4 is 55.0 Å². The van der Waals surface area contributed by atoms with Crippen molar-refractivity contribution < 1.29 is 18.3 Å². The summed E-state index contributed by atoms with van der Waals surface area (Å²) in [6.07, 6.45) is 0.914. The van der Waals surface area contributed by atoms with E-state index in [0.717, 1.165) is 24.3 Å². The second-order valence-electron chi connectivity index (χ2n) is 8.84. The summed E-state index contributed by atoms with van der Waals surface area (Å²) in [6.45, 7) is 1.82. The van der Waals surface area contributed by atoms with E-state index in [-0.39, 0.29) is 49.6 Å². The van der Waals surface area contributed by atoms with Crippen LogP contribution < -0.4 is 21.5 Å². The second-order valence-corrected chi connectivity index (χ2v) is 10.3. The fourth-order valence-corrected chi connectivity index (χ4v) is 5.63. The fourth-order valence-electron chi connectivity index (χ4n) is 4.57. The molecular formula is C24H26ClF2N7O2S. The molecule has 1 aliphatic heterocycles. The van der Waals surface area contributed by atoms with Crippen LogP contribution in [-0.4, -0.2) is 72.4 Å². The first-order chi connectivity index (χ1) is 17.8. The van der Waals surface area contributed by atoms with Gasteiger partial charge < -0.3 is 26.3 Å². The van der Waals surface area contributed by atoms with E-state index in [2.05, 4.69) is 25.2 Å². The molecule has 5 N–H and O–H groups in total. The van der Waals surface area contributed by atoms with Crippen LogP contribution >= 0.6 is 22.9 Å². The summed E-state index contributed by atoms with van der Waals surface area (Å²) in [5.74, 6) is -0.860. The van der Waals surface area contributed by atoms with Gasteiger partial charge in [-0.15, -0.1) is 0 Å². The number of hydrogen-bond acceptors (Lipinski definition) is 10. The van der Waals surface area contributed by atoms with Gasteiger partial charge in [0.25, 0.3) is 0 Å². The first kappa shape index (κ1) is 25.7. The van der Waals surface area contributed by atoms with Crippen molar-refractivity contribution in [3.8, 4) is 17.1 Å². The molecule has 37 heavy (non-hydrogen) atoms. The molecule has 2 unspecified atom stereocenters. The summed E-state index contributed by atoms with van der Waals surface area (Å²) >= 11 is 7.56. The number of likely N-dealkylation sites (tertiary alicyclic amines) is 1. The number of nitrogens with two attached hydrogens (primary N) is 2. The maximum absolute atomic E-state index is 16.2. The summed E-state index contributed by atoms with van der Waals surface area (Å²) in [4.78, 5) is 15.2. The highest BCUT2D eigenvalue weighted by Gasteiger charge is 2.30. The summed E-state index contributed by atoms with van der Waals surface area (Å²) in [6, 6.07) is 4.34. The number of anilines is 2. The third kappa shape index (κ3) is 4.87. The number of nitrogen functional groups attached to an aromatic ring is 1. The van der Waals surface area contributed by atoms with Gasteiger partial charge in [-0.1, -0.05) is 22.9 Å². The molecule has 1 fully saturated rings. The molecule has 4 aromatic rings. The number of ether oxygens (including phenoxy) is 2. The number of thiazole rings is 1. The summed E-state index contributed by atoms with van der Waals surface area (Å²) in [5.41, 5.74) is 12.1. The van der Waals surface area contributed by atoms with Crippen LogP contribution in [0.3, 0.4) is 0 Å². The minimum absolute atomic E-state index is 0.000794. The number of halogens is 3. The molecule has 2 aromatic carbocycles. The summed E-state index contributed by atoms with van der Waals surface area (Å²) < 4.78 is 42.2. The van der Waals surface area contributed by atoms with E-state index >= 15 is 4.39 Å². The molecule has 0 radical (unpaired) electrons. The first-order valence-electron chi connectivity index (χ1n) is 11.6. The molecule has 5 rings (SSSR count). The zero-order valence-electron chi connectivity index (χ0n) is 20.2. The quantitative estimate of drug-likeness (QED) is 0.300. The molecule has 0 aliphatic carbocycles. The second kappa shape index (κ2) is 10.5. The van der Waals surface area contributed by atoms with Crippen LogP contribution in [0.25, 0.3) is 32.2 Å². The van der Waals surface area contributed by atoms with Crippen LogP contribution in [0.15, 0.2) is 18.2 Å². The van der Waals surface area contributed by atoms with Gasteiger partial charge in [-0.3, -0.25) is 4.90 Å². The van der Waals surface area contributed by atoms with Crippen molar-refractivity contribution in [2.75, 3.05) is 51.4 Å². The van der Waals surface area contributed by atoms with E-state index in [1.54, 1.807) is 13.2 Å². The Bertz CT molecular complexity index is 1470. The van der Waals surface area contributed by atoms with Crippen LogP contribution in [-0.2, 0) is 4.74 Å². The first-order valence-corrected chi connectivity index (χ1v) is 12.8. The highest BCUT2D eigenvalue weighted by Crippen LogP contribution is 2.42. The molecule has 1 saturated heterocycles. The number of methoxy groups -OCH3 is 1. The maximum Gasteiger partial charge on any atom is 0.319 e. The van der Waals surface area contributed by atoms with Crippen LogP contribution in [0.1, 0.15) is 6.42 Å². The lowest BCUT2D eigenvalue weighted by Gasteiger charge is -2.19. The zero-order valence-corrected chi connectivity index (χ0v) is 21.8. The Morgan fingerprint density at radius 1 is 1.24 bits per heavy atom. The zero-order chi connectivity index (χ0) is 26.3. The van der Waals surface area contributed by atoms with E-state index in [0.29, 0.717) is 36.5 Å². The number of hydrogen-bond donors (Lipinski definition) is 3. The van der Waals surface area contributed by atoms with Gasteiger partial charge in [0.05, 0.1) is 21.3 Å². The lowest BCUT2D eigenvalue weighted by molar-refractivity contribution is 0.111. The number of likely N-dealkylation sites (N-methyl/N-ethyl adjacent to an activating group) is 1. The predicted molar refractivity (Wildman–Crippen MR) is 142 cm³/mol. The number of fused-ring (bicyclic) bond motifs is 2. The van der Waals surface area contributed by atoms with E-state index in [1.165, 1.54) is 12.1 Å².